The zero-order valence-corrected chi connectivity index (χ0v) is 13.6. The van der Waals surface area contributed by atoms with Crippen LogP contribution in [0.2, 0.25) is 0 Å². The lowest BCUT2D eigenvalue weighted by Gasteiger charge is -2.22. The Balaban J connectivity index is 1.79. The van der Waals surface area contributed by atoms with E-state index in [4.69, 9.17) is 0 Å². The SMILES string of the molecule is C[C@@H]1CN(C(=O)Cn2nnc3ccccc3c2=O)C[C@H]1N(C)C. The van der Waals surface area contributed by atoms with E-state index in [0.717, 1.165) is 4.68 Å². The van der Waals surface area contributed by atoms with Gasteiger partial charge in [-0.3, -0.25) is 9.59 Å². The molecule has 0 unspecified atom stereocenters. The average molecular weight is 315 g/mol. The molecule has 1 aromatic carbocycles. The fraction of sp³-hybridized carbons (Fsp3) is 0.500. The van der Waals surface area contributed by atoms with Gasteiger partial charge in [-0.25, -0.2) is 4.68 Å². The van der Waals surface area contributed by atoms with Crippen LogP contribution in [0.4, 0.5) is 0 Å². The lowest BCUT2D eigenvalue weighted by atomic mass is 10.1. The van der Waals surface area contributed by atoms with Crippen LogP contribution in [0.5, 0.6) is 0 Å². The van der Waals surface area contributed by atoms with Gasteiger partial charge in [-0.15, -0.1) is 5.10 Å². The molecular formula is C16H21N5O2. The second-order valence-corrected chi connectivity index (χ2v) is 6.38. The van der Waals surface area contributed by atoms with Crippen LogP contribution in [0.15, 0.2) is 29.1 Å². The lowest BCUT2D eigenvalue weighted by Crippen LogP contribution is -2.38. The van der Waals surface area contributed by atoms with Crippen LogP contribution >= 0.6 is 0 Å². The fourth-order valence-corrected chi connectivity index (χ4v) is 3.18. The third-order valence-electron chi connectivity index (χ3n) is 4.50. The van der Waals surface area contributed by atoms with E-state index in [-0.39, 0.29) is 18.0 Å². The summed E-state index contributed by atoms with van der Waals surface area (Å²) in [7, 11) is 4.04. The second kappa shape index (κ2) is 6.08. The normalized spacial score (nSPS) is 21.3. The summed E-state index contributed by atoms with van der Waals surface area (Å²) in [5.74, 6) is 0.321. The molecule has 0 bridgehead atoms. The first-order valence-corrected chi connectivity index (χ1v) is 7.74. The number of hydrogen-bond donors (Lipinski definition) is 0. The van der Waals surface area contributed by atoms with Gasteiger partial charge in [-0.1, -0.05) is 24.3 Å². The van der Waals surface area contributed by atoms with E-state index in [2.05, 4.69) is 22.1 Å². The molecule has 0 saturated carbocycles. The third kappa shape index (κ3) is 2.96. The molecule has 0 aliphatic carbocycles. The van der Waals surface area contributed by atoms with Crippen LogP contribution in [0.3, 0.4) is 0 Å². The molecule has 3 rings (SSSR count). The number of likely N-dealkylation sites (tertiary alicyclic amines) is 1. The van der Waals surface area contributed by atoms with Crippen LogP contribution in [-0.2, 0) is 11.3 Å². The Morgan fingerprint density at radius 2 is 2.04 bits per heavy atom. The molecule has 1 fully saturated rings. The molecule has 2 heterocycles. The van der Waals surface area contributed by atoms with Gasteiger partial charge in [0, 0.05) is 19.1 Å². The summed E-state index contributed by atoms with van der Waals surface area (Å²) in [6, 6.07) is 7.37. The third-order valence-corrected chi connectivity index (χ3v) is 4.50. The number of rotatable bonds is 3. The van der Waals surface area contributed by atoms with Crippen LogP contribution < -0.4 is 5.56 Å². The maximum Gasteiger partial charge on any atom is 0.278 e. The van der Waals surface area contributed by atoms with E-state index in [1.54, 1.807) is 29.2 Å². The van der Waals surface area contributed by atoms with Crippen molar-refractivity contribution >= 4 is 16.8 Å². The van der Waals surface area contributed by atoms with Gasteiger partial charge in [0.05, 0.1) is 5.39 Å². The number of benzene rings is 1. The van der Waals surface area contributed by atoms with Gasteiger partial charge in [0.1, 0.15) is 12.1 Å². The van der Waals surface area contributed by atoms with Crippen molar-refractivity contribution in [1.29, 1.82) is 0 Å². The molecule has 2 aromatic rings. The van der Waals surface area contributed by atoms with Gasteiger partial charge in [0.25, 0.3) is 5.56 Å². The van der Waals surface area contributed by atoms with Gasteiger partial charge < -0.3 is 9.80 Å². The second-order valence-electron chi connectivity index (χ2n) is 6.38. The zero-order chi connectivity index (χ0) is 16.6. The van der Waals surface area contributed by atoms with E-state index in [0.29, 0.717) is 36.0 Å². The smallest absolute Gasteiger partial charge is 0.278 e. The van der Waals surface area contributed by atoms with Crippen LogP contribution in [0.1, 0.15) is 6.92 Å². The van der Waals surface area contributed by atoms with Crippen molar-refractivity contribution in [3.05, 3.63) is 34.6 Å². The van der Waals surface area contributed by atoms with Crippen molar-refractivity contribution in [1.82, 2.24) is 24.8 Å². The molecule has 1 aromatic heterocycles. The monoisotopic (exact) mass is 315 g/mol. The predicted octanol–water partition coefficient (Wildman–Crippen LogP) is 0.200. The van der Waals surface area contributed by atoms with Crippen molar-refractivity contribution in [2.24, 2.45) is 5.92 Å². The van der Waals surface area contributed by atoms with Crippen molar-refractivity contribution in [2.75, 3.05) is 27.2 Å². The highest BCUT2D eigenvalue weighted by atomic mass is 16.2. The zero-order valence-electron chi connectivity index (χ0n) is 13.6. The minimum atomic E-state index is -0.277. The Hall–Kier alpha value is -2.28. The van der Waals surface area contributed by atoms with Gasteiger partial charge >= 0.3 is 0 Å². The fourth-order valence-electron chi connectivity index (χ4n) is 3.18. The number of hydrogen-bond acceptors (Lipinski definition) is 5. The maximum atomic E-state index is 12.5. The molecular weight excluding hydrogens is 294 g/mol. The molecule has 2 atom stereocenters. The summed E-state index contributed by atoms with van der Waals surface area (Å²) in [6.45, 7) is 3.46. The number of nitrogens with zero attached hydrogens (tertiary/aromatic N) is 5. The summed E-state index contributed by atoms with van der Waals surface area (Å²) in [5.41, 5.74) is 0.268. The highest BCUT2D eigenvalue weighted by molar-refractivity contribution is 5.78. The van der Waals surface area contributed by atoms with Gasteiger partial charge in [0.2, 0.25) is 5.91 Å². The molecule has 0 spiro atoms. The average Bonchev–Trinajstić information content (AvgIpc) is 2.92. The van der Waals surface area contributed by atoms with Gasteiger partial charge in [-0.05, 0) is 32.1 Å². The van der Waals surface area contributed by atoms with E-state index in [9.17, 15) is 9.59 Å². The first-order chi connectivity index (χ1) is 11.0. The molecule has 0 radical (unpaired) electrons. The largest absolute Gasteiger partial charge is 0.339 e. The standard InChI is InChI=1S/C16H21N5O2/c1-11-8-20(9-14(11)19(2)3)15(22)10-21-16(23)12-6-4-5-7-13(12)17-18-21/h4-7,11,14H,8-10H2,1-3H3/t11-,14-/m1/s1. The molecule has 1 aliphatic rings. The first kappa shape index (κ1) is 15.6. The Kier molecular flexibility index (Phi) is 4.12. The maximum absolute atomic E-state index is 12.5. The molecule has 122 valence electrons. The van der Waals surface area contributed by atoms with Crippen LogP contribution in [0, 0.1) is 5.92 Å². The highest BCUT2D eigenvalue weighted by Crippen LogP contribution is 2.20. The molecule has 7 nitrogen and oxygen atoms in total. The number of carbonyl (C=O) groups excluding carboxylic acids is 1. The van der Waals surface area contributed by atoms with Gasteiger partial charge in [0.15, 0.2) is 0 Å². The number of fused-ring (bicyclic) bond motifs is 1. The Labute approximate surface area is 134 Å². The number of likely N-dealkylation sites (N-methyl/N-ethyl adjacent to an activating group) is 1. The summed E-state index contributed by atoms with van der Waals surface area (Å²) >= 11 is 0. The Morgan fingerprint density at radius 1 is 1.30 bits per heavy atom. The number of amides is 1. The molecule has 0 N–H and O–H groups in total. The van der Waals surface area contributed by atoms with E-state index >= 15 is 0 Å². The number of carbonyl (C=O) groups is 1. The number of aromatic nitrogens is 3. The molecule has 7 heteroatoms. The van der Waals surface area contributed by atoms with E-state index in [1.165, 1.54) is 0 Å². The topological polar surface area (TPSA) is 71.3 Å². The molecule has 1 saturated heterocycles. The highest BCUT2D eigenvalue weighted by Gasteiger charge is 2.33. The van der Waals surface area contributed by atoms with E-state index in [1.807, 2.05) is 14.1 Å². The predicted molar refractivity (Wildman–Crippen MR) is 87.0 cm³/mol. The Morgan fingerprint density at radius 3 is 2.74 bits per heavy atom. The van der Waals surface area contributed by atoms with Crippen LogP contribution in [0.25, 0.3) is 10.9 Å². The summed E-state index contributed by atoms with van der Waals surface area (Å²) < 4.78 is 1.15. The van der Waals surface area contributed by atoms with Crippen molar-refractivity contribution in [3.63, 3.8) is 0 Å². The van der Waals surface area contributed by atoms with Crippen LogP contribution in [-0.4, -0.2) is 63.9 Å². The molecule has 23 heavy (non-hydrogen) atoms. The van der Waals surface area contributed by atoms with Crippen molar-refractivity contribution < 1.29 is 4.79 Å². The Bertz CT molecular complexity index is 785. The van der Waals surface area contributed by atoms with E-state index < -0.39 is 0 Å². The lowest BCUT2D eigenvalue weighted by molar-refractivity contribution is -0.131. The minimum Gasteiger partial charge on any atom is -0.339 e. The minimum absolute atomic E-state index is 0.0659. The van der Waals surface area contributed by atoms with Crippen molar-refractivity contribution in [3.8, 4) is 0 Å². The summed E-state index contributed by atoms with van der Waals surface area (Å²) in [6.07, 6.45) is 0. The quantitative estimate of drug-likeness (QED) is 0.809. The summed E-state index contributed by atoms with van der Waals surface area (Å²) in [4.78, 5) is 28.8. The first-order valence-electron chi connectivity index (χ1n) is 7.74. The van der Waals surface area contributed by atoms with Crippen molar-refractivity contribution in [2.45, 2.75) is 19.5 Å². The van der Waals surface area contributed by atoms with Gasteiger partial charge in [-0.2, -0.15) is 0 Å². The molecule has 1 aliphatic heterocycles. The summed E-state index contributed by atoms with van der Waals surface area (Å²) in [5, 5.41) is 8.38. The molecule has 1 amide bonds.